The first-order valence-corrected chi connectivity index (χ1v) is 12.9. The van der Waals surface area contributed by atoms with Gasteiger partial charge in [0.15, 0.2) is 0 Å². The molecule has 0 unspecified atom stereocenters. The molecule has 3 heterocycles. The van der Waals surface area contributed by atoms with E-state index in [-0.39, 0.29) is 0 Å². The number of pyridine rings is 1. The van der Waals surface area contributed by atoms with Crippen LogP contribution in [0.25, 0.3) is 19.8 Å². The number of fused-ring (bicyclic) bond motifs is 2. The van der Waals surface area contributed by atoms with Gasteiger partial charge in [0.05, 0.1) is 0 Å². The van der Waals surface area contributed by atoms with Gasteiger partial charge < -0.3 is 0 Å². The van der Waals surface area contributed by atoms with E-state index in [2.05, 4.69) is 36.2 Å². The summed E-state index contributed by atoms with van der Waals surface area (Å²) in [5.74, 6) is 0. The Bertz CT molecular complexity index is 598. The van der Waals surface area contributed by atoms with Crippen LogP contribution in [0.5, 0.6) is 0 Å². The van der Waals surface area contributed by atoms with Gasteiger partial charge in [0.1, 0.15) is 0 Å². The van der Waals surface area contributed by atoms with E-state index in [1.807, 2.05) is 0 Å². The number of hydrogen-bond donors (Lipinski definition) is 0. The van der Waals surface area contributed by atoms with Crippen molar-refractivity contribution in [1.29, 1.82) is 0 Å². The molecule has 0 saturated carbocycles. The van der Waals surface area contributed by atoms with E-state index in [1.54, 1.807) is 0 Å². The monoisotopic (exact) mass is 436 g/mol. The molecule has 15 heavy (non-hydrogen) atoms. The minimum atomic E-state index is 0.496. The molecular weight excluding hydrogens is 428 g/mol. The molecule has 0 radical (unpaired) electrons. The number of aromatic nitrogens is 3. The summed E-state index contributed by atoms with van der Waals surface area (Å²) < 4.78 is 15.6. The van der Waals surface area contributed by atoms with Crippen molar-refractivity contribution in [2.45, 2.75) is 13.5 Å². The molecule has 0 aliphatic heterocycles. The number of halogens is 1. The molecule has 0 aromatic carbocycles. The zero-order valence-corrected chi connectivity index (χ0v) is 14.4. The van der Waals surface area contributed by atoms with E-state index in [9.17, 15) is 0 Å². The van der Waals surface area contributed by atoms with Crippen LogP contribution in [0, 0.1) is 0 Å². The fourth-order valence-corrected chi connectivity index (χ4v) is 11.5. The predicted molar refractivity (Wildman–Crippen MR) is 71.7 cm³/mol. The van der Waals surface area contributed by atoms with Gasteiger partial charge in [-0.2, -0.15) is 0 Å². The summed E-state index contributed by atoms with van der Waals surface area (Å²) in [6.45, 7) is 3.14. The molecule has 0 atom stereocenters. The number of rotatable bonds is 1. The maximum atomic E-state index is 4.59. The zero-order chi connectivity index (χ0) is 10.4. The van der Waals surface area contributed by atoms with Crippen molar-refractivity contribution in [3.63, 3.8) is 0 Å². The van der Waals surface area contributed by atoms with Crippen molar-refractivity contribution >= 4 is 82.3 Å². The summed E-state index contributed by atoms with van der Waals surface area (Å²) in [6, 6.07) is 0. The second kappa shape index (κ2) is 4.18. The summed E-state index contributed by atoms with van der Waals surface area (Å²) in [4.78, 5) is 0. The normalized spacial score (nSPS) is 11.6. The van der Waals surface area contributed by atoms with Crippen LogP contribution in [0.1, 0.15) is 6.92 Å². The van der Waals surface area contributed by atoms with Gasteiger partial charge in [-0.15, -0.1) is 0 Å². The van der Waals surface area contributed by atoms with Crippen molar-refractivity contribution < 1.29 is 4.57 Å². The summed E-state index contributed by atoms with van der Waals surface area (Å²) in [5.41, 5.74) is 2.34. The average Bonchev–Trinajstić information content (AvgIpc) is 2.85. The Hall–Kier alpha value is 0.709. The fraction of sp³-hybridized carbons (Fsp3) is 0.286. The van der Waals surface area contributed by atoms with Crippen LogP contribution in [0.3, 0.4) is 0 Å². The molecule has 0 bridgehead atoms. The first-order valence-electron chi connectivity index (χ1n) is 4.28. The van der Waals surface area contributed by atoms with Gasteiger partial charge in [0.2, 0.25) is 0 Å². The number of hydrogen-bond acceptors (Lipinski definition) is 0. The van der Waals surface area contributed by atoms with Crippen molar-refractivity contribution in [2.75, 3.05) is 0 Å². The molecule has 0 saturated heterocycles. The van der Waals surface area contributed by atoms with Crippen molar-refractivity contribution in [1.82, 2.24) is 8.75 Å². The van der Waals surface area contributed by atoms with Crippen LogP contribution in [0.2, 0.25) is 0 Å². The van der Waals surface area contributed by atoms with Gasteiger partial charge in [-0.1, -0.05) is 0 Å². The summed E-state index contributed by atoms with van der Waals surface area (Å²) in [7, 11) is 2.46. The molecule has 0 amide bonds. The maximum absolute atomic E-state index is 4.59. The van der Waals surface area contributed by atoms with Crippen molar-refractivity contribution in [2.24, 2.45) is 0 Å². The number of nitrogens with zero attached hydrogens (tertiary/aromatic N) is 3. The molecular formula is C7H7BrN3S2Se2+. The zero-order valence-electron chi connectivity index (χ0n) is 7.64. The first kappa shape index (κ1) is 10.8. The van der Waals surface area contributed by atoms with E-state index in [0.717, 1.165) is 6.54 Å². The molecule has 80 valence electrons. The first-order chi connectivity index (χ1) is 7.33. The predicted octanol–water partition coefficient (Wildman–Crippen LogP) is 0.803. The van der Waals surface area contributed by atoms with Crippen molar-refractivity contribution in [3.05, 3.63) is 4.47 Å². The topological polar surface area (TPSA) is 32.1 Å². The van der Waals surface area contributed by atoms with Crippen LogP contribution in [0.15, 0.2) is 4.47 Å². The van der Waals surface area contributed by atoms with Gasteiger partial charge in [0.25, 0.3) is 0 Å². The van der Waals surface area contributed by atoms with E-state index in [1.165, 1.54) is 44.1 Å². The molecule has 8 heteroatoms. The molecule has 0 spiro atoms. The van der Waals surface area contributed by atoms with E-state index >= 15 is 0 Å². The molecule has 0 N–H and O–H groups in total. The third-order valence-corrected chi connectivity index (χ3v) is 11.2. The minimum absolute atomic E-state index is 0.496. The van der Waals surface area contributed by atoms with Crippen LogP contribution in [-0.4, -0.2) is 26.7 Å². The Kier molecular flexibility index (Phi) is 3.02. The van der Waals surface area contributed by atoms with E-state index < -0.39 is 0 Å². The molecule has 3 aromatic heterocycles. The van der Waals surface area contributed by atoms with E-state index in [0.29, 0.717) is 26.7 Å². The Morgan fingerprint density at radius 3 is 2.20 bits per heavy atom. The van der Waals surface area contributed by atoms with Gasteiger partial charge in [-0.05, 0) is 0 Å². The molecule has 0 aliphatic rings. The van der Waals surface area contributed by atoms with Gasteiger partial charge >= 0.3 is 114 Å². The molecule has 3 nitrogen and oxygen atoms in total. The average molecular weight is 435 g/mol. The molecule has 3 rings (SSSR count). The molecule has 0 fully saturated rings. The van der Waals surface area contributed by atoms with Gasteiger partial charge in [-0.25, -0.2) is 0 Å². The molecule has 3 aromatic rings. The second-order valence-corrected chi connectivity index (χ2v) is 10.9. The van der Waals surface area contributed by atoms with Gasteiger partial charge in [0, 0.05) is 0 Å². The van der Waals surface area contributed by atoms with Gasteiger partial charge in [-0.3, -0.25) is 0 Å². The standard InChI is InChI=1S/C7H7BrN3S2Se2/c1-2-11-6-4(14-12-9-6)3(8)5-7(11)10-13-15-5/h12-13H,2H2,1H3/q+1. The van der Waals surface area contributed by atoms with Crippen LogP contribution in [-0.2, 0) is 6.54 Å². The second-order valence-electron chi connectivity index (χ2n) is 2.91. The SMILES string of the molecule is CC[n+]1c2[n-][sH+][se]c2c(Br)c2[se][sH+][n-]c21. The van der Waals surface area contributed by atoms with Crippen molar-refractivity contribution in [3.8, 4) is 0 Å². The quantitative estimate of drug-likeness (QED) is 0.322. The summed E-state index contributed by atoms with van der Waals surface area (Å²) >= 11 is 4.73. The fourth-order valence-electron chi connectivity index (χ4n) is 1.50. The van der Waals surface area contributed by atoms with Crippen LogP contribution >= 0.6 is 35.8 Å². The van der Waals surface area contributed by atoms with Crippen LogP contribution < -0.4 is 13.3 Å². The molecule has 0 aliphatic carbocycles. The Balaban J connectivity index is 2.64. The summed E-state index contributed by atoms with van der Waals surface area (Å²) in [5, 5.41) is 0. The van der Waals surface area contributed by atoms with E-state index in [4.69, 9.17) is 0 Å². The Morgan fingerprint density at radius 2 is 1.73 bits per heavy atom. The number of aryl methyl sites for hydroxylation is 1. The third-order valence-electron chi connectivity index (χ3n) is 2.17. The van der Waals surface area contributed by atoms with Crippen LogP contribution in [0.4, 0.5) is 0 Å². The Morgan fingerprint density at radius 1 is 1.20 bits per heavy atom. The summed E-state index contributed by atoms with van der Waals surface area (Å²) in [6.07, 6.45) is 0. The Labute approximate surface area is 112 Å². The third kappa shape index (κ3) is 1.59.